The van der Waals surface area contributed by atoms with Gasteiger partial charge in [0.2, 0.25) is 0 Å². The van der Waals surface area contributed by atoms with Gasteiger partial charge in [-0.2, -0.15) is 0 Å². The summed E-state index contributed by atoms with van der Waals surface area (Å²) in [5, 5.41) is 4.66. The summed E-state index contributed by atoms with van der Waals surface area (Å²) in [5.74, 6) is 1.75. The summed E-state index contributed by atoms with van der Waals surface area (Å²) in [5.41, 5.74) is 0.280. The molecule has 3 nitrogen and oxygen atoms in total. The lowest BCUT2D eigenvalue weighted by atomic mass is 9.96. The average molecular weight is 258 g/mol. The molecule has 0 spiro atoms. The van der Waals surface area contributed by atoms with E-state index < -0.39 is 0 Å². The van der Waals surface area contributed by atoms with E-state index in [1.807, 2.05) is 11.8 Å². The Kier molecular flexibility index (Phi) is 6.34. The van der Waals surface area contributed by atoms with Gasteiger partial charge in [-0.05, 0) is 18.8 Å². The Hall–Kier alpha value is -0.220. The second kappa shape index (κ2) is 7.27. The van der Waals surface area contributed by atoms with Crippen LogP contribution in [0.15, 0.2) is 4.99 Å². The number of hydrogen-bond acceptors (Lipinski definition) is 3. The van der Waals surface area contributed by atoms with Gasteiger partial charge in [0.15, 0.2) is 5.17 Å². The van der Waals surface area contributed by atoms with Crippen molar-refractivity contribution in [1.29, 1.82) is 0 Å². The predicted octanol–water partition coefficient (Wildman–Crippen LogP) is 2.91. The van der Waals surface area contributed by atoms with Gasteiger partial charge < -0.3 is 10.1 Å². The van der Waals surface area contributed by atoms with Gasteiger partial charge in [0.1, 0.15) is 0 Å². The Morgan fingerprint density at radius 3 is 2.65 bits per heavy atom. The van der Waals surface area contributed by atoms with Crippen LogP contribution >= 0.6 is 11.8 Å². The van der Waals surface area contributed by atoms with Crippen molar-refractivity contribution in [3.63, 3.8) is 0 Å². The Morgan fingerprint density at radius 2 is 2.12 bits per heavy atom. The third-order valence-corrected chi connectivity index (χ3v) is 4.35. The van der Waals surface area contributed by atoms with Crippen LogP contribution in [0.5, 0.6) is 0 Å². The number of aliphatic imine (C=N–C) groups is 1. The zero-order valence-electron chi connectivity index (χ0n) is 11.6. The fourth-order valence-electron chi connectivity index (χ4n) is 1.75. The molecule has 17 heavy (non-hydrogen) atoms. The van der Waals surface area contributed by atoms with Crippen molar-refractivity contribution in [1.82, 2.24) is 5.32 Å². The number of hydrogen-bond donors (Lipinski definition) is 1. The lowest BCUT2D eigenvalue weighted by Gasteiger charge is -2.25. The Bertz CT molecular complexity index is 250. The van der Waals surface area contributed by atoms with E-state index >= 15 is 0 Å². The van der Waals surface area contributed by atoms with E-state index in [0.717, 1.165) is 30.7 Å². The average Bonchev–Trinajstić information content (AvgIpc) is 2.73. The molecule has 0 unspecified atom stereocenters. The predicted molar refractivity (Wildman–Crippen MR) is 76.9 cm³/mol. The molecule has 0 radical (unpaired) electrons. The molecule has 0 atom stereocenters. The van der Waals surface area contributed by atoms with Gasteiger partial charge in [-0.25, -0.2) is 0 Å². The summed E-state index contributed by atoms with van der Waals surface area (Å²) in [6.45, 7) is 11.1. The molecule has 1 rings (SSSR count). The molecular weight excluding hydrogens is 232 g/mol. The molecule has 1 aliphatic rings. The number of amidine groups is 1. The molecule has 0 aromatic carbocycles. The number of ether oxygens (including phenoxy) is 1. The largest absolute Gasteiger partial charge is 0.379 e. The van der Waals surface area contributed by atoms with E-state index in [2.05, 4.69) is 38.0 Å². The molecule has 0 saturated carbocycles. The quantitative estimate of drug-likeness (QED) is 0.713. The normalized spacial score (nSPS) is 21.1. The first-order valence-electron chi connectivity index (χ1n) is 6.65. The standard InChI is InChI=1S/C13H26N2OS/c1-5-13(6-2)10-17-12(15-13)14-7-8-16-9-11(3)4/h11H,5-10H2,1-4H3,(H,14,15). The van der Waals surface area contributed by atoms with Crippen molar-refractivity contribution < 1.29 is 4.74 Å². The summed E-state index contributed by atoms with van der Waals surface area (Å²) < 4.78 is 5.52. The highest BCUT2D eigenvalue weighted by atomic mass is 32.2. The van der Waals surface area contributed by atoms with Crippen molar-refractivity contribution in [3.05, 3.63) is 0 Å². The molecule has 0 aromatic heterocycles. The van der Waals surface area contributed by atoms with Crippen molar-refractivity contribution >= 4 is 16.9 Å². The number of rotatable bonds is 7. The van der Waals surface area contributed by atoms with Crippen LogP contribution in [0.25, 0.3) is 0 Å². The molecule has 1 heterocycles. The van der Waals surface area contributed by atoms with Crippen LogP contribution in [0, 0.1) is 5.92 Å². The molecule has 0 aliphatic carbocycles. The van der Waals surface area contributed by atoms with E-state index in [1.54, 1.807) is 0 Å². The minimum absolute atomic E-state index is 0.280. The molecule has 0 aromatic rings. The number of thioether (sulfide) groups is 1. The summed E-state index contributed by atoms with van der Waals surface area (Å²) in [7, 11) is 0. The Balaban J connectivity index is 2.24. The molecular formula is C13H26N2OS. The highest BCUT2D eigenvalue weighted by molar-refractivity contribution is 8.14. The van der Waals surface area contributed by atoms with Crippen LogP contribution in [-0.2, 0) is 4.74 Å². The zero-order chi connectivity index (χ0) is 12.7. The summed E-state index contributed by atoms with van der Waals surface area (Å²) in [6.07, 6.45) is 2.33. The third-order valence-electron chi connectivity index (χ3n) is 3.15. The molecule has 1 saturated heterocycles. The van der Waals surface area contributed by atoms with Crippen molar-refractivity contribution in [3.8, 4) is 0 Å². The van der Waals surface area contributed by atoms with Gasteiger partial charge in [0.25, 0.3) is 0 Å². The van der Waals surface area contributed by atoms with Gasteiger partial charge in [0.05, 0.1) is 13.2 Å². The van der Waals surface area contributed by atoms with Gasteiger partial charge in [-0.15, -0.1) is 0 Å². The van der Waals surface area contributed by atoms with Crippen LogP contribution in [0.4, 0.5) is 0 Å². The van der Waals surface area contributed by atoms with E-state index in [1.165, 1.54) is 12.8 Å². The highest BCUT2D eigenvalue weighted by Gasteiger charge is 2.33. The summed E-state index contributed by atoms with van der Waals surface area (Å²) in [6, 6.07) is 0. The minimum Gasteiger partial charge on any atom is -0.379 e. The van der Waals surface area contributed by atoms with Gasteiger partial charge in [-0.1, -0.05) is 39.5 Å². The summed E-state index contributed by atoms with van der Waals surface area (Å²) >= 11 is 1.85. The van der Waals surface area contributed by atoms with Crippen LogP contribution in [0.3, 0.4) is 0 Å². The first-order chi connectivity index (χ1) is 8.12. The fraction of sp³-hybridized carbons (Fsp3) is 0.923. The first-order valence-corrected chi connectivity index (χ1v) is 7.63. The van der Waals surface area contributed by atoms with E-state index in [9.17, 15) is 0 Å². The number of nitrogens with zero attached hydrogens (tertiary/aromatic N) is 1. The molecule has 0 amide bonds. The monoisotopic (exact) mass is 258 g/mol. The third kappa shape index (κ3) is 4.88. The lowest BCUT2D eigenvalue weighted by molar-refractivity contribution is 0.117. The van der Waals surface area contributed by atoms with Gasteiger partial charge in [-0.3, -0.25) is 4.99 Å². The molecule has 1 fully saturated rings. The molecule has 1 N–H and O–H groups in total. The maximum absolute atomic E-state index is 5.52. The molecule has 100 valence electrons. The van der Waals surface area contributed by atoms with Crippen molar-refractivity contribution in [2.24, 2.45) is 10.9 Å². The minimum atomic E-state index is 0.280. The molecule has 1 aliphatic heterocycles. The number of nitrogens with one attached hydrogen (secondary N) is 1. The Morgan fingerprint density at radius 1 is 1.41 bits per heavy atom. The van der Waals surface area contributed by atoms with E-state index in [-0.39, 0.29) is 5.54 Å². The van der Waals surface area contributed by atoms with Gasteiger partial charge in [0, 0.05) is 17.9 Å². The van der Waals surface area contributed by atoms with Gasteiger partial charge >= 0.3 is 0 Å². The topological polar surface area (TPSA) is 33.6 Å². The van der Waals surface area contributed by atoms with Crippen molar-refractivity contribution in [2.45, 2.75) is 46.1 Å². The van der Waals surface area contributed by atoms with E-state index in [0.29, 0.717) is 5.92 Å². The van der Waals surface area contributed by atoms with Crippen LogP contribution in [0.1, 0.15) is 40.5 Å². The Labute approximate surface area is 110 Å². The molecule has 4 heteroatoms. The van der Waals surface area contributed by atoms with E-state index in [4.69, 9.17) is 4.74 Å². The van der Waals surface area contributed by atoms with Crippen LogP contribution in [-0.4, -0.2) is 36.2 Å². The molecule has 0 bridgehead atoms. The second-order valence-electron chi connectivity index (χ2n) is 5.06. The first kappa shape index (κ1) is 14.8. The smallest absolute Gasteiger partial charge is 0.157 e. The second-order valence-corrected chi connectivity index (χ2v) is 6.02. The van der Waals surface area contributed by atoms with Crippen LogP contribution in [0.2, 0.25) is 0 Å². The summed E-state index contributed by atoms with van der Waals surface area (Å²) in [4.78, 5) is 4.55. The SMILES string of the molecule is CCC1(CC)CSC(=NCCOCC(C)C)N1. The lowest BCUT2D eigenvalue weighted by Crippen LogP contribution is -2.42. The van der Waals surface area contributed by atoms with Crippen molar-refractivity contribution in [2.75, 3.05) is 25.5 Å². The fourth-order valence-corrected chi connectivity index (χ4v) is 3.12. The highest BCUT2D eigenvalue weighted by Crippen LogP contribution is 2.28. The zero-order valence-corrected chi connectivity index (χ0v) is 12.4. The maximum Gasteiger partial charge on any atom is 0.157 e. The maximum atomic E-state index is 5.52. The van der Waals surface area contributed by atoms with Crippen LogP contribution < -0.4 is 5.32 Å².